The molecule has 1 aliphatic heterocycles. The second-order valence-corrected chi connectivity index (χ2v) is 4.67. The van der Waals surface area contributed by atoms with Crippen LogP contribution in [0.4, 0.5) is 0 Å². The van der Waals surface area contributed by atoms with E-state index in [4.69, 9.17) is 4.74 Å². The molecule has 0 aromatic carbocycles. The van der Waals surface area contributed by atoms with Gasteiger partial charge in [-0.2, -0.15) is 0 Å². The molecule has 0 atom stereocenters. The van der Waals surface area contributed by atoms with Gasteiger partial charge in [-0.25, -0.2) is 0 Å². The standard InChI is InChI=1S/C14H27NO/c1-3-5-14(6-4-2)15-10-7-13-8-11-16-12-9-13/h8,14-15H,3-7,9-12H2,1-2H3. The average molecular weight is 225 g/mol. The summed E-state index contributed by atoms with van der Waals surface area (Å²) in [5, 5.41) is 3.69. The fourth-order valence-corrected chi connectivity index (χ4v) is 2.27. The van der Waals surface area contributed by atoms with Crippen LogP contribution in [0.3, 0.4) is 0 Å². The summed E-state index contributed by atoms with van der Waals surface area (Å²) in [5.41, 5.74) is 1.57. The maximum Gasteiger partial charge on any atom is 0.0650 e. The number of rotatable bonds is 8. The minimum Gasteiger partial charge on any atom is -0.377 e. The van der Waals surface area contributed by atoms with E-state index >= 15 is 0 Å². The third kappa shape index (κ3) is 5.66. The molecule has 2 nitrogen and oxygen atoms in total. The monoisotopic (exact) mass is 225 g/mol. The molecule has 94 valence electrons. The highest BCUT2D eigenvalue weighted by Crippen LogP contribution is 2.11. The van der Waals surface area contributed by atoms with E-state index in [1.165, 1.54) is 32.1 Å². The zero-order chi connectivity index (χ0) is 11.6. The topological polar surface area (TPSA) is 21.3 Å². The largest absolute Gasteiger partial charge is 0.377 e. The first-order valence-electron chi connectivity index (χ1n) is 6.85. The lowest BCUT2D eigenvalue weighted by molar-refractivity contribution is 0.153. The van der Waals surface area contributed by atoms with Crippen molar-refractivity contribution in [2.45, 2.75) is 58.4 Å². The van der Waals surface area contributed by atoms with Crippen molar-refractivity contribution in [3.05, 3.63) is 11.6 Å². The molecule has 0 saturated carbocycles. The average Bonchev–Trinajstić information content (AvgIpc) is 2.31. The summed E-state index contributed by atoms with van der Waals surface area (Å²) in [6.07, 6.45) is 9.79. The lowest BCUT2D eigenvalue weighted by Crippen LogP contribution is -2.30. The van der Waals surface area contributed by atoms with E-state index in [9.17, 15) is 0 Å². The number of nitrogens with one attached hydrogen (secondary N) is 1. The normalized spacial score (nSPS) is 16.6. The van der Waals surface area contributed by atoms with Crippen LogP contribution in [0.2, 0.25) is 0 Å². The Balaban J connectivity index is 2.13. The lowest BCUT2D eigenvalue weighted by Gasteiger charge is -2.19. The van der Waals surface area contributed by atoms with Gasteiger partial charge in [0.15, 0.2) is 0 Å². The van der Waals surface area contributed by atoms with Gasteiger partial charge in [0, 0.05) is 6.04 Å². The third-order valence-corrected chi connectivity index (χ3v) is 3.21. The Labute approximate surface area is 100 Å². The minimum atomic E-state index is 0.732. The molecule has 0 aromatic rings. The highest BCUT2D eigenvalue weighted by Gasteiger charge is 2.07. The molecule has 1 rings (SSSR count). The van der Waals surface area contributed by atoms with Crippen LogP contribution < -0.4 is 5.32 Å². The second kappa shape index (κ2) is 8.77. The van der Waals surface area contributed by atoms with Gasteiger partial charge in [-0.1, -0.05) is 38.3 Å². The molecule has 0 fully saturated rings. The molecule has 0 unspecified atom stereocenters. The van der Waals surface area contributed by atoms with Crippen LogP contribution in [0, 0.1) is 0 Å². The summed E-state index contributed by atoms with van der Waals surface area (Å²) < 4.78 is 5.31. The molecule has 1 N–H and O–H groups in total. The first-order chi connectivity index (χ1) is 7.86. The van der Waals surface area contributed by atoms with E-state index in [-0.39, 0.29) is 0 Å². The van der Waals surface area contributed by atoms with Crippen molar-refractivity contribution in [3.8, 4) is 0 Å². The molecule has 0 spiro atoms. The van der Waals surface area contributed by atoms with Crippen molar-refractivity contribution in [2.24, 2.45) is 0 Å². The zero-order valence-corrected chi connectivity index (χ0v) is 10.9. The molecule has 0 bridgehead atoms. The van der Waals surface area contributed by atoms with Crippen LogP contribution in [0.15, 0.2) is 11.6 Å². The fraction of sp³-hybridized carbons (Fsp3) is 0.857. The Kier molecular flexibility index (Phi) is 7.52. The van der Waals surface area contributed by atoms with Crippen LogP contribution in [0.25, 0.3) is 0 Å². The van der Waals surface area contributed by atoms with E-state index in [1.54, 1.807) is 5.57 Å². The van der Waals surface area contributed by atoms with Crippen molar-refractivity contribution in [2.75, 3.05) is 19.8 Å². The van der Waals surface area contributed by atoms with Crippen molar-refractivity contribution in [3.63, 3.8) is 0 Å². The number of hydrogen-bond acceptors (Lipinski definition) is 2. The maximum atomic E-state index is 5.31. The van der Waals surface area contributed by atoms with E-state index in [0.29, 0.717) is 0 Å². The highest BCUT2D eigenvalue weighted by molar-refractivity contribution is 5.04. The van der Waals surface area contributed by atoms with Crippen LogP contribution in [-0.4, -0.2) is 25.8 Å². The van der Waals surface area contributed by atoms with Gasteiger partial charge in [0.05, 0.1) is 13.2 Å². The summed E-state index contributed by atoms with van der Waals surface area (Å²) in [7, 11) is 0. The van der Waals surface area contributed by atoms with Crippen molar-refractivity contribution in [1.29, 1.82) is 0 Å². The summed E-state index contributed by atoms with van der Waals surface area (Å²) in [5.74, 6) is 0. The molecule has 0 aromatic heterocycles. The smallest absolute Gasteiger partial charge is 0.0650 e. The Morgan fingerprint density at radius 2 is 2.06 bits per heavy atom. The van der Waals surface area contributed by atoms with Gasteiger partial charge in [0.25, 0.3) is 0 Å². The van der Waals surface area contributed by atoms with E-state index in [2.05, 4.69) is 25.2 Å². The molecule has 0 radical (unpaired) electrons. The molecule has 1 heterocycles. The van der Waals surface area contributed by atoms with E-state index in [0.717, 1.165) is 32.2 Å². The van der Waals surface area contributed by atoms with Gasteiger partial charge in [0.2, 0.25) is 0 Å². The van der Waals surface area contributed by atoms with Gasteiger partial charge in [-0.05, 0) is 32.2 Å². The Morgan fingerprint density at radius 1 is 1.31 bits per heavy atom. The summed E-state index contributed by atoms with van der Waals surface area (Å²) in [6, 6.07) is 0.732. The molecule has 0 saturated heterocycles. The van der Waals surface area contributed by atoms with E-state index < -0.39 is 0 Å². The van der Waals surface area contributed by atoms with Gasteiger partial charge in [-0.15, -0.1) is 0 Å². The quantitative estimate of drug-likeness (QED) is 0.640. The van der Waals surface area contributed by atoms with Gasteiger partial charge < -0.3 is 10.1 Å². The highest BCUT2D eigenvalue weighted by atomic mass is 16.5. The molecule has 1 aliphatic rings. The Hall–Kier alpha value is -0.340. The second-order valence-electron chi connectivity index (χ2n) is 4.67. The first-order valence-corrected chi connectivity index (χ1v) is 6.85. The predicted molar refractivity (Wildman–Crippen MR) is 69.7 cm³/mol. The first kappa shape index (κ1) is 13.7. The summed E-state index contributed by atoms with van der Waals surface area (Å²) in [4.78, 5) is 0. The maximum absolute atomic E-state index is 5.31. The zero-order valence-electron chi connectivity index (χ0n) is 10.9. The predicted octanol–water partition coefficient (Wildman–Crippen LogP) is 3.28. The lowest BCUT2D eigenvalue weighted by atomic mass is 10.0. The van der Waals surface area contributed by atoms with Crippen LogP contribution >= 0.6 is 0 Å². The van der Waals surface area contributed by atoms with Crippen molar-refractivity contribution < 1.29 is 4.74 Å². The minimum absolute atomic E-state index is 0.732. The van der Waals surface area contributed by atoms with Gasteiger partial charge in [0.1, 0.15) is 0 Å². The Bertz CT molecular complexity index is 195. The Morgan fingerprint density at radius 3 is 2.62 bits per heavy atom. The third-order valence-electron chi connectivity index (χ3n) is 3.21. The summed E-state index contributed by atoms with van der Waals surface area (Å²) in [6.45, 7) is 7.41. The van der Waals surface area contributed by atoms with Crippen LogP contribution in [-0.2, 0) is 4.74 Å². The molecule has 2 heteroatoms. The molecule has 0 amide bonds. The number of ether oxygens (including phenoxy) is 1. The molecular weight excluding hydrogens is 198 g/mol. The SMILES string of the molecule is CCCC(CCC)NCCC1=CCOCC1. The molecule has 0 aliphatic carbocycles. The molecular formula is C14H27NO. The summed E-state index contributed by atoms with van der Waals surface area (Å²) >= 11 is 0. The van der Waals surface area contributed by atoms with Gasteiger partial charge in [-0.3, -0.25) is 0 Å². The van der Waals surface area contributed by atoms with Crippen molar-refractivity contribution >= 4 is 0 Å². The van der Waals surface area contributed by atoms with Gasteiger partial charge >= 0.3 is 0 Å². The number of hydrogen-bond donors (Lipinski definition) is 1. The van der Waals surface area contributed by atoms with E-state index in [1.807, 2.05) is 0 Å². The van der Waals surface area contributed by atoms with Crippen molar-refractivity contribution in [1.82, 2.24) is 5.32 Å². The molecule has 16 heavy (non-hydrogen) atoms. The van der Waals surface area contributed by atoms with Crippen LogP contribution in [0.1, 0.15) is 52.4 Å². The fourth-order valence-electron chi connectivity index (χ4n) is 2.27. The van der Waals surface area contributed by atoms with Crippen LogP contribution in [0.5, 0.6) is 0 Å².